The number of thiol groups is 1. The molecule has 0 saturated carbocycles. The molecule has 1 aromatic heterocycles. The van der Waals surface area contributed by atoms with Crippen molar-refractivity contribution >= 4 is 30.0 Å². The fourth-order valence-electron chi connectivity index (χ4n) is 1.88. The molecule has 1 atom stereocenters. The number of pyridine rings is 1. The van der Waals surface area contributed by atoms with Gasteiger partial charge in [0.25, 0.3) is 0 Å². The van der Waals surface area contributed by atoms with Crippen molar-refractivity contribution in [3.05, 3.63) is 17.8 Å². The SMILES string of the molecule is Cc1ccnc(N2CC(CS)CC2=O)c1N. The van der Waals surface area contributed by atoms with Crippen LogP contribution in [0.25, 0.3) is 0 Å². The van der Waals surface area contributed by atoms with Gasteiger partial charge in [-0.2, -0.15) is 12.6 Å². The molecule has 1 aliphatic rings. The fourth-order valence-corrected chi connectivity index (χ4v) is 2.12. The van der Waals surface area contributed by atoms with Crippen LogP contribution >= 0.6 is 12.6 Å². The second-order valence-corrected chi connectivity index (χ2v) is 4.49. The van der Waals surface area contributed by atoms with Gasteiger partial charge in [-0.15, -0.1) is 0 Å². The van der Waals surface area contributed by atoms with Crippen molar-refractivity contribution in [2.45, 2.75) is 13.3 Å². The van der Waals surface area contributed by atoms with E-state index in [9.17, 15) is 4.79 Å². The van der Waals surface area contributed by atoms with Crippen LogP contribution in [-0.4, -0.2) is 23.2 Å². The van der Waals surface area contributed by atoms with Gasteiger partial charge in [0.05, 0.1) is 5.69 Å². The minimum Gasteiger partial charge on any atom is -0.396 e. The number of aryl methyl sites for hydroxylation is 1. The number of nitrogens with two attached hydrogens (primary N) is 1. The molecule has 2 rings (SSSR count). The lowest BCUT2D eigenvalue weighted by molar-refractivity contribution is -0.117. The van der Waals surface area contributed by atoms with E-state index in [2.05, 4.69) is 17.6 Å². The molecule has 0 aromatic carbocycles. The molecule has 1 amide bonds. The van der Waals surface area contributed by atoms with Gasteiger partial charge < -0.3 is 5.73 Å². The first-order valence-corrected chi connectivity index (χ1v) is 5.89. The number of aromatic nitrogens is 1. The third-order valence-electron chi connectivity index (χ3n) is 2.91. The molecular formula is C11H15N3OS. The highest BCUT2D eigenvalue weighted by Crippen LogP contribution is 2.29. The molecular weight excluding hydrogens is 222 g/mol. The van der Waals surface area contributed by atoms with Gasteiger partial charge in [0.1, 0.15) is 0 Å². The Morgan fingerprint density at radius 2 is 2.44 bits per heavy atom. The van der Waals surface area contributed by atoms with Gasteiger partial charge in [0, 0.05) is 19.2 Å². The van der Waals surface area contributed by atoms with E-state index in [0.717, 1.165) is 5.56 Å². The molecule has 0 aliphatic carbocycles. The molecule has 2 N–H and O–H groups in total. The van der Waals surface area contributed by atoms with E-state index in [1.165, 1.54) is 0 Å². The van der Waals surface area contributed by atoms with E-state index in [-0.39, 0.29) is 5.91 Å². The van der Waals surface area contributed by atoms with Crippen molar-refractivity contribution in [1.82, 2.24) is 4.98 Å². The molecule has 0 radical (unpaired) electrons. The Kier molecular flexibility index (Phi) is 3.05. The summed E-state index contributed by atoms with van der Waals surface area (Å²) in [6, 6.07) is 1.84. The van der Waals surface area contributed by atoms with Crippen LogP contribution in [0.1, 0.15) is 12.0 Å². The Morgan fingerprint density at radius 1 is 1.69 bits per heavy atom. The maximum atomic E-state index is 11.8. The zero-order chi connectivity index (χ0) is 11.7. The average molecular weight is 237 g/mol. The third kappa shape index (κ3) is 1.87. The van der Waals surface area contributed by atoms with E-state index in [4.69, 9.17) is 5.73 Å². The first kappa shape index (κ1) is 11.3. The highest BCUT2D eigenvalue weighted by atomic mass is 32.1. The molecule has 1 unspecified atom stereocenters. The van der Waals surface area contributed by atoms with Crippen molar-refractivity contribution in [3.8, 4) is 0 Å². The van der Waals surface area contributed by atoms with Crippen molar-refractivity contribution in [2.75, 3.05) is 22.9 Å². The van der Waals surface area contributed by atoms with Gasteiger partial charge in [-0.25, -0.2) is 4.98 Å². The van der Waals surface area contributed by atoms with Gasteiger partial charge in [0.2, 0.25) is 5.91 Å². The molecule has 0 bridgehead atoms. The number of nitrogens with zero attached hydrogens (tertiary/aromatic N) is 2. The van der Waals surface area contributed by atoms with E-state index >= 15 is 0 Å². The van der Waals surface area contributed by atoms with Gasteiger partial charge in [-0.3, -0.25) is 9.69 Å². The van der Waals surface area contributed by atoms with Crippen LogP contribution < -0.4 is 10.6 Å². The Morgan fingerprint density at radius 3 is 3.06 bits per heavy atom. The van der Waals surface area contributed by atoms with Crippen LogP contribution in [0.5, 0.6) is 0 Å². The average Bonchev–Trinajstić information content (AvgIpc) is 2.64. The van der Waals surface area contributed by atoms with Gasteiger partial charge >= 0.3 is 0 Å². The monoisotopic (exact) mass is 237 g/mol. The molecule has 0 spiro atoms. The lowest BCUT2D eigenvalue weighted by Crippen LogP contribution is -2.26. The molecule has 1 fully saturated rings. The molecule has 16 heavy (non-hydrogen) atoms. The number of carbonyl (C=O) groups is 1. The van der Waals surface area contributed by atoms with Crippen LogP contribution in [0.2, 0.25) is 0 Å². The molecule has 5 heteroatoms. The van der Waals surface area contributed by atoms with Crippen molar-refractivity contribution in [3.63, 3.8) is 0 Å². The van der Waals surface area contributed by atoms with Crippen LogP contribution in [-0.2, 0) is 4.79 Å². The van der Waals surface area contributed by atoms with Crippen molar-refractivity contribution in [1.29, 1.82) is 0 Å². The van der Waals surface area contributed by atoms with Gasteiger partial charge in [-0.1, -0.05) is 0 Å². The molecule has 2 heterocycles. The quantitative estimate of drug-likeness (QED) is 0.761. The maximum Gasteiger partial charge on any atom is 0.228 e. The summed E-state index contributed by atoms with van der Waals surface area (Å²) in [5.41, 5.74) is 7.48. The zero-order valence-electron chi connectivity index (χ0n) is 9.18. The number of hydrogen-bond acceptors (Lipinski definition) is 4. The minimum absolute atomic E-state index is 0.0869. The van der Waals surface area contributed by atoms with E-state index in [1.54, 1.807) is 11.1 Å². The van der Waals surface area contributed by atoms with Crippen molar-refractivity contribution in [2.24, 2.45) is 5.92 Å². The van der Waals surface area contributed by atoms with Crippen LogP contribution in [0, 0.1) is 12.8 Å². The Bertz CT molecular complexity index is 422. The first-order chi connectivity index (χ1) is 7.63. The summed E-state index contributed by atoms with van der Waals surface area (Å²) in [4.78, 5) is 17.7. The Balaban J connectivity index is 2.31. The summed E-state index contributed by atoms with van der Waals surface area (Å²) in [5, 5.41) is 0. The predicted octanol–water partition coefficient (Wildman–Crippen LogP) is 1.25. The molecule has 1 saturated heterocycles. The summed E-state index contributed by atoms with van der Waals surface area (Å²) in [6.07, 6.45) is 2.22. The fraction of sp³-hybridized carbons (Fsp3) is 0.455. The normalized spacial score (nSPS) is 20.5. The first-order valence-electron chi connectivity index (χ1n) is 5.25. The lowest BCUT2D eigenvalue weighted by Gasteiger charge is -2.18. The second-order valence-electron chi connectivity index (χ2n) is 4.12. The Labute approximate surface area is 100 Å². The largest absolute Gasteiger partial charge is 0.396 e. The number of nitrogen functional groups attached to an aromatic ring is 1. The molecule has 4 nitrogen and oxygen atoms in total. The number of carbonyl (C=O) groups excluding carboxylic acids is 1. The van der Waals surface area contributed by atoms with Gasteiger partial charge in [0.15, 0.2) is 5.82 Å². The lowest BCUT2D eigenvalue weighted by atomic mass is 10.1. The third-order valence-corrected chi connectivity index (χ3v) is 3.42. The standard InChI is InChI=1S/C11H15N3OS/c1-7-2-3-13-11(10(7)12)14-5-8(6-16)4-9(14)15/h2-3,8,16H,4-6,12H2,1H3. The smallest absolute Gasteiger partial charge is 0.228 e. The maximum absolute atomic E-state index is 11.8. The zero-order valence-corrected chi connectivity index (χ0v) is 10.1. The summed E-state index contributed by atoms with van der Waals surface area (Å²) in [5.74, 6) is 1.70. The van der Waals surface area contributed by atoms with E-state index in [0.29, 0.717) is 36.1 Å². The minimum atomic E-state index is 0.0869. The Hall–Kier alpha value is -1.23. The van der Waals surface area contributed by atoms with Crippen LogP contribution in [0.4, 0.5) is 11.5 Å². The molecule has 86 valence electrons. The highest BCUT2D eigenvalue weighted by molar-refractivity contribution is 7.80. The van der Waals surface area contributed by atoms with E-state index < -0.39 is 0 Å². The summed E-state index contributed by atoms with van der Waals surface area (Å²) in [6.45, 7) is 2.58. The number of amides is 1. The molecule has 1 aliphatic heterocycles. The van der Waals surface area contributed by atoms with Crippen LogP contribution in [0.3, 0.4) is 0 Å². The summed E-state index contributed by atoms with van der Waals surface area (Å²) in [7, 11) is 0. The predicted molar refractivity (Wildman–Crippen MR) is 67.7 cm³/mol. The highest BCUT2D eigenvalue weighted by Gasteiger charge is 2.31. The number of hydrogen-bond donors (Lipinski definition) is 2. The summed E-state index contributed by atoms with van der Waals surface area (Å²) >= 11 is 4.23. The number of anilines is 2. The second kappa shape index (κ2) is 4.33. The van der Waals surface area contributed by atoms with Crippen molar-refractivity contribution < 1.29 is 4.79 Å². The van der Waals surface area contributed by atoms with E-state index in [1.807, 2.05) is 13.0 Å². The summed E-state index contributed by atoms with van der Waals surface area (Å²) < 4.78 is 0. The topological polar surface area (TPSA) is 59.2 Å². The molecule has 1 aromatic rings. The van der Waals surface area contributed by atoms with Gasteiger partial charge in [-0.05, 0) is 30.2 Å². The van der Waals surface area contributed by atoms with Crippen LogP contribution in [0.15, 0.2) is 12.3 Å². The number of rotatable bonds is 2.